The van der Waals surface area contributed by atoms with E-state index in [0.29, 0.717) is 0 Å². The number of carboxylic acids is 13. The highest BCUT2D eigenvalue weighted by atomic mass is 16.6. The average Bonchev–Trinajstić information content (AvgIpc) is 3.26. The number of carbonyl (C=O) groups excluding carboxylic acids is 5. The Morgan fingerprint density at radius 2 is 0.365 bits per heavy atom. The van der Waals surface area contributed by atoms with Crippen molar-refractivity contribution in [1.82, 2.24) is 0 Å². The molecule has 0 saturated heterocycles. The summed E-state index contributed by atoms with van der Waals surface area (Å²) >= 11 is 0. The highest BCUT2D eigenvalue weighted by Gasteiger charge is 2.47. The summed E-state index contributed by atoms with van der Waals surface area (Å²) in [5.41, 5.74) is -42.5. The second-order valence-electron chi connectivity index (χ2n) is 14.1. The Morgan fingerprint density at radius 3 is 0.514 bits per heavy atom. The molecule has 34 heteroatoms. The van der Waals surface area contributed by atoms with E-state index in [1.54, 1.807) is 0 Å². The maximum atomic E-state index is 14.4. The molecule has 0 amide bonds. The number of rotatable bonds is 20. The fourth-order valence-electron chi connectivity index (χ4n) is 6.74. The second kappa shape index (κ2) is 21.0. The first-order valence-corrected chi connectivity index (χ1v) is 18.5. The minimum Gasteiger partial charge on any atom is -0.478 e. The van der Waals surface area contributed by atoms with Gasteiger partial charge < -0.3 is 80.6 Å². The normalized spacial score (nSPS) is 10.5. The van der Waals surface area contributed by atoms with E-state index in [9.17, 15) is 153 Å². The Morgan fingerprint density at radius 1 is 0.243 bits per heavy atom. The predicted molar refractivity (Wildman–Crippen MR) is 214 cm³/mol. The van der Waals surface area contributed by atoms with E-state index in [-0.39, 0.29) is 0 Å². The van der Waals surface area contributed by atoms with Crippen LogP contribution in [0.4, 0.5) is 0 Å². The van der Waals surface area contributed by atoms with Gasteiger partial charge in [0, 0.05) is 0 Å². The van der Waals surface area contributed by atoms with Crippen LogP contribution < -0.4 is 0 Å². The lowest BCUT2D eigenvalue weighted by molar-refractivity contribution is 0.0340. The summed E-state index contributed by atoms with van der Waals surface area (Å²) in [7, 11) is 0. The molecule has 13 N–H and O–H groups in total. The zero-order valence-corrected chi connectivity index (χ0v) is 35.7. The first-order valence-electron chi connectivity index (χ1n) is 18.5. The molecule has 3 aromatic carbocycles. The van der Waals surface area contributed by atoms with Crippen molar-refractivity contribution in [2.45, 2.75) is 13.8 Å². The number of aromatic carboxylic acids is 13. The van der Waals surface area contributed by atoms with Crippen molar-refractivity contribution >= 4 is 107 Å². The van der Waals surface area contributed by atoms with Gasteiger partial charge in [0.15, 0.2) is 0 Å². The van der Waals surface area contributed by atoms with Crippen molar-refractivity contribution in [3.63, 3.8) is 0 Å². The molecule has 0 unspecified atom stereocenters. The third kappa shape index (κ3) is 10.1. The molecule has 386 valence electrons. The molecular weight excluding hydrogens is 1020 g/mol. The number of hydrogen-bond donors (Lipinski definition) is 13. The van der Waals surface area contributed by atoms with E-state index in [2.05, 4.69) is 9.47 Å². The molecule has 0 radical (unpaired) electrons. The van der Waals surface area contributed by atoms with Crippen LogP contribution in [0.1, 0.15) is 200 Å². The molecule has 0 bridgehead atoms. The highest BCUT2D eigenvalue weighted by Crippen LogP contribution is 2.36. The topological polar surface area (TPSA) is 598 Å². The smallest absolute Gasteiger partial charge is 0.347 e. The third-order valence-corrected chi connectivity index (χ3v) is 9.22. The molecule has 0 saturated carbocycles. The summed E-state index contributed by atoms with van der Waals surface area (Å²) in [6, 6.07) is 0. The zero-order valence-electron chi connectivity index (χ0n) is 35.7. The van der Waals surface area contributed by atoms with Crippen LogP contribution in [0.15, 0.2) is 0 Å². The largest absolute Gasteiger partial charge is 0.478 e. The van der Waals surface area contributed by atoms with Gasteiger partial charge in [0.05, 0.1) is 107 Å². The molecule has 34 nitrogen and oxygen atoms in total. The summed E-state index contributed by atoms with van der Waals surface area (Å²) in [5, 5.41) is 129. The molecule has 0 spiro atoms. The van der Waals surface area contributed by atoms with Gasteiger partial charge in [-0.3, -0.25) is 0 Å². The van der Waals surface area contributed by atoms with Crippen molar-refractivity contribution < 1.29 is 167 Å². The lowest BCUT2D eigenvalue weighted by Crippen LogP contribution is -2.33. The van der Waals surface area contributed by atoms with Gasteiger partial charge in [-0.1, -0.05) is 13.8 Å². The van der Waals surface area contributed by atoms with Crippen LogP contribution in [0, 0.1) is 5.92 Å². The Kier molecular flexibility index (Phi) is 16.2. The fourth-order valence-corrected chi connectivity index (χ4v) is 6.74. The Hall–Kier alpha value is -11.5. The Labute approximate surface area is 400 Å². The predicted octanol–water partition coefficient (Wildman–Crippen LogP) is 0.570. The number of carboxylic acid groups (broad SMARTS) is 13. The third-order valence-electron chi connectivity index (χ3n) is 9.22. The number of benzene rings is 3. The van der Waals surface area contributed by atoms with Crippen LogP contribution in [-0.4, -0.2) is 180 Å². The van der Waals surface area contributed by atoms with Crippen LogP contribution in [0.25, 0.3) is 0 Å². The van der Waals surface area contributed by atoms with Crippen LogP contribution in [0.2, 0.25) is 0 Å². The number of carbonyl (C=O) groups is 18. The molecule has 0 aliphatic heterocycles. The molecule has 0 aromatic heterocycles. The van der Waals surface area contributed by atoms with E-state index in [4.69, 9.17) is 4.74 Å². The first-order chi connectivity index (χ1) is 34.0. The van der Waals surface area contributed by atoms with Crippen LogP contribution in [0.3, 0.4) is 0 Å². The first kappa shape index (κ1) is 56.8. The lowest BCUT2D eigenvalue weighted by Gasteiger charge is -2.21. The van der Waals surface area contributed by atoms with Gasteiger partial charge in [-0.2, -0.15) is 0 Å². The van der Waals surface area contributed by atoms with Crippen molar-refractivity contribution in [2.24, 2.45) is 5.92 Å². The van der Waals surface area contributed by atoms with E-state index in [0.717, 1.165) is 0 Å². The number of hydrogen-bond acceptors (Lipinski definition) is 21. The van der Waals surface area contributed by atoms with Crippen LogP contribution in [-0.2, 0) is 14.2 Å². The molecule has 0 aliphatic carbocycles. The monoisotopic (exact) mass is 1050 g/mol. The van der Waals surface area contributed by atoms with Crippen LogP contribution >= 0.6 is 0 Å². The maximum absolute atomic E-state index is 14.4. The molecular formula is C40H22O34. The molecule has 74 heavy (non-hydrogen) atoms. The minimum absolute atomic E-state index is 0.890. The fraction of sp³-hybridized carbons (Fsp3) is 0.100. The van der Waals surface area contributed by atoms with E-state index < -0.39 is 220 Å². The molecule has 3 rings (SSSR count). The molecule has 0 aliphatic rings. The highest BCUT2D eigenvalue weighted by molar-refractivity contribution is 6.29. The SMILES string of the molecule is CC(C)COC(=O)c1c(C(=O)O)c(C(=O)O)c(C(=O)O)c(C(=O)OC(=O)c2c(C(=O)O)c(C(=O)O)c(C(=O)O)c(C(=O)O)c2C(=O)O)c1C(=O)OC(=O)c1c(C(=O)O)c(C(=O)O)c(C(=O)O)c(C(=O)O)c1C(=O)O. The van der Waals surface area contributed by atoms with Crippen molar-refractivity contribution in [3.8, 4) is 0 Å². The average molecular weight is 1050 g/mol. The van der Waals surface area contributed by atoms with Crippen LogP contribution in [0.5, 0.6) is 0 Å². The summed E-state index contributed by atoms with van der Waals surface area (Å²) in [5.74, 6) is -52.4. The summed E-state index contributed by atoms with van der Waals surface area (Å²) in [6.07, 6.45) is 0. The van der Waals surface area contributed by atoms with Crippen molar-refractivity contribution in [3.05, 3.63) is 100 Å². The molecule has 0 heterocycles. The van der Waals surface area contributed by atoms with Gasteiger partial charge in [0.25, 0.3) is 0 Å². The lowest BCUT2D eigenvalue weighted by atomic mass is 9.85. The molecule has 0 atom stereocenters. The van der Waals surface area contributed by atoms with E-state index >= 15 is 0 Å². The van der Waals surface area contributed by atoms with Gasteiger partial charge in [0.2, 0.25) is 0 Å². The van der Waals surface area contributed by atoms with E-state index in [1.165, 1.54) is 13.8 Å². The van der Waals surface area contributed by atoms with Gasteiger partial charge in [-0.05, 0) is 5.92 Å². The molecule has 3 aromatic rings. The molecule has 0 fully saturated rings. The van der Waals surface area contributed by atoms with Gasteiger partial charge in [-0.25, -0.2) is 86.3 Å². The Bertz CT molecular complexity index is 3180. The van der Waals surface area contributed by atoms with Crippen molar-refractivity contribution in [1.29, 1.82) is 0 Å². The number of esters is 5. The van der Waals surface area contributed by atoms with E-state index in [1.807, 2.05) is 0 Å². The quantitative estimate of drug-likeness (QED) is 0.0418. The summed E-state index contributed by atoms with van der Waals surface area (Å²) in [6.45, 7) is 1.48. The summed E-state index contributed by atoms with van der Waals surface area (Å²) in [4.78, 5) is 232. The standard InChI is InChI=1S/C40H22O34/c1-4(2)3-72-36(67)20-16(34(63)64)11(29(53)54)17(35(65)66)21(39(70)73-37(68)18-12(30(55)56)7(25(45)46)5(23(41)42)8(26(47)48)13(18)31(57)58)22(20)40(71)74-38(69)19-14(32(59)60)9(27(49)50)6(24(43)44)10(28(51)52)15(19)33(61)62/h4H,3H2,1-2H3,(H,41,42)(H,43,44)(H,45,46)(H,47,48)(H,49,50)(H,51,52)(H,53,54)(H,55,56)(H,57,58)(H,59,60)(H,61,62)(H,63,64)(H,65,66). The number of ether oxygens (including phenoxy) is 3. The van der Waals surface area contributed by atoms with Gasteiger partial charge in [0.1, 0.15) is 0 Å². The second-order valence-corrected chi connectivity index (χ2v) is 14.1. The summed E-state index contributed by atoms with van der Waals surface area (Å²) < 4.78 is 13.5. The minimum atomic E-state index is -3.14. The van der Waals surface area contributed by atoms with Gasteiger partial charge in [-0.15, -0.1) is 0 Å². The van der Waals surface area contributed by atoms with Gasteiger partial charge >= 0.3 is 107 Å². The van der Waals surface area contributed by atoms with Crippen molar-refractivity contribution in [2.75, 3.05) is 6.61 Å². The Balaban J connectivity index is 2.83. The maximum Gasteiger partial charge on any atom is 0.347 e. The zero-order chi connectivity index (χ0) is 57.2.